The fraction of sp³-hybridized carbons (Fsp3) is 0.364. The summed E-state index contributed by atoms with van der Waals surface area (Å²) in [5, 5.41) is 30.5. The number of hydrogen-bond acceptors (Lipinski definition) is 5. The number of carbonyl (C=O) groups excluding carboxylic acids is 1. The fourth-order valence-electron chi connectivity index (χ4n) is 3.71. The van der Waals surface area contributed by atoms with Crippen molar-refractivity contribution in [2.45, 2.75) is 37.4 Å². The minimum absolute atomic E-state index is 0.0232. The normalized spacial score (nSPS) is 14.6. The number of alkyl carbamates (subject to hydrolysis) is 1. The van der Waals surface area contributed by atoms with Gasteiger partial charge in [-0.3, -0.25) is 4.79 Å². The first-order valence-corrected chi connectivity index (χ1v) is 9.62. The second-order valence-corrected chi connectivity index (χ2v) is 7.18. The molecule has 0 saturated heterocycles. The smallest absolute Gasteiger partial charge is 0.407 e. The maximum absolute atomic E-state index is 12.0. The van der Waals surface area contributed by atoms with Gasteiger partial charge in [-0.2, -0.15) is 0 Å². The molecule has 1 aliphatic rings. The predicted octanol–water partition coefficient (Wildman–Crippen LogP) is 2.50. The summed E-state index contributed by atoms with van der Waals surface area (Å²) in [6, 6.07) is 16.1. The molecule has 4 N–H and O–H groups in total. The minimum Gasteiger partial charge on any atom is -0.481 e. The van der Waals surface area contributed by atoms with Crippen molar-refractivity contribution in [3.8, 4) is 11.1 Å². The van der Waals surface area contributed by atoms with E-state index in [4.69, 9.17) is 9.84 Å². The minimum atomic E-state index is -1.12. The van der Waals surface area contributed by atoms with Crippen LogP contribution in [0.25, 0.3) is 11.1 Å². The van der Waals surface area contributed by atoms with Gasteiger partial charge in [0.15, 0.2) is 0 Å². The molecule has 29 heavy (non-hydrogen) atoms. The Morgan fingerprint density at radius 1 is 0.966 bits per heavy atom. The molecule has 0 unspecified atom stereocenters. The molecule has 2 atom stereocenters. The van der Waals surface area contributed by atoms with Gasteiger partial charge in [0.2, 0.25) is 0 Å². The van der Waals surface area contributed by atoms with E-state index in [2.05, 4.69) is 17.4 Å². The summed E-state index contributed by atoms with van der Waals surface area (Å²) < 4.78 is 5.40. The zero-order chi connectivity index (χ0) is 20.8. The summed E-state index contributed by atoms with van der Waals surface area (Å²) in [6.07, 6.45) is -2.88. The number of carboxylic acid groups (broad SMARTS) is 1. The third-order valence-electron chi connectivity index (χ3n) is 5.04. The van der Waals surface area contributed by atoms with E-state index in [1.165, 1.54) is 0 Å². The van der Waals surface area contributed by atoms with Crippen molar-refractivity contribution in [2.24, 2.45) is 0 Å². The number of fused-ring (bicyclic) bond motifs is 3. The van der Waals surface area contributed by atoms with Crippen LogP contribution >= 0.6 is 0 Å². The zero-order valence-corrected chi connectivity index (χ0v) is 16.0. The molecule has 0 bridgehead atoms. The lowest BCUT2D eigenvalue weighted by Crippen LogP contribution is -2.30. The number of amides is 1. The highest BCUT2D eigenvalue weighted by Gasteiger charge is 2.29. The summed E-state index contributed by atoms with van der Waals surface area (Å²) in [7, 11) is 0. The van der Waals surface area contributed by atoms with E-state index in [9.17, 15) is 19.8 Å². The van der Waals surface area contributed by atoms with Gasteiger partial charge in [0, 0.05) is 12.5 Å². The van der Waals surface area contributed by atoms with Gasteiger partial charge in [-0.1, -0.05) is 48.5 Å². The highest BCUT2D eigenvalue weighted by atomic mass is 16.5. The number of nitrogens with one attached hydrogen (secondary N) is 1. The standard InChI is InChI=1S/C22H25NO6/c24-14(11-15(25)12-21(26)27)9-10-23-22(28)29-13-20-18-7-3-1-5-16(18)17-6-2-4-8-19(17)20/h1-8,14-15,20,24-25H,9-13H2,(H,23,28)(H,26,27)/t14-,15-/m1/s1. The van der Waals surface area contributed by atoms with Crippen LogP contribution in [0, 0.1) is 0 Å². The first-order chi connectivity index (χ1) is 14.0. The van der Waals surface area contributed by atoms with Crippen LogP contribution < -0.4 is 5.32 Å². The van der Waals surface area contributed by atoms with E-state index >= 15 is 0 Å². The molecular formula is C22H25NO6. The molecule has 0 spiro atoms. The number of rotatable bonds is 9. The van der Waals surface area contributed by atoms with Gasteiger partial charge in [-0.15, -0.1) is 0 Å². The lowest BCUT2D eigenvalue weighted by molar-refractivity contribution is -0.139. The highest BCUT2D eigenvalue weighted by molar-refractivity contribution is 5.79. The van der Waals surface area contributed by atoms with Gasteiger partial charge in [-0.05, 0) is 35.1 Å². The van der Waals surface area contributed by atoms with E-state index in [-0.39, 0.29) is 31.9 Å². The van der Waals surface area contributed by atoms with Crippen molar-refractivity contribution in [1.29, 1.82) is 0 Å². The topological polar surface area (TPSA) is 116 Å². The Kier molecular flexibility index (Phi) is 6.85. The van der Waals surface area contributed by atoms with Crippen LogP contribution in [0.5, 0.6) is 0 Å². The molecule has 2 aromatic carbocycles. The van der Waals surface area contributed by atoms with Gasteiger partial charge < -0.3 is 25.4 Å². The van der Waals surface area contributed by atoms with Crippen LogP contribution in [-0.2, 0) is 9.53 Å². The summed E-state index contributed by atoms with van der Waals surface area (Å²) in [5.41, 5.74) is 4.56. The molecule has 2 aromatic rings. The number of carboxylic acids is 1. The lowest BCUT2D eigenvalue weighted by Gasteiger charge is -2.16. The Morgan fingerprint density at radius 3 is 2.14 bits per heavy atom. The summed E-state index contributed by atoms with van der Waals surface area (Å²) in [6.45, 7) is 0.372. The maximum Gasteiger partial charge on any atom is 0.407 e. The molecule has 1 amide bonds. The Bertz CT molecular complexity index is 822. The average Bonchev–Trinajstić information content (AvgIpc) is 2.99. The van der Waals surface area contributed by atoms with Crippen molar-refractivity contribution in [1.82, 2.24) is 5.32 Å². The largest absolute Gasteiger partial charge is 0.481 e. The van der Waals surface area contributed by atoms with Crippen LogP contribution in [0.15, 0.2) is 48.5 Å². The van der Waals surface area contributed by atoms with Gasteiger partial charge >= 0.3 is 12.1 Å². The number of aliphatic carboxylic acids is 1. The van der Waals surface area contributed by atoms with Crippen molar-refractivity contribution < 1.29 is 29.6 Å². The Morgan fingerprint density at radius 2 is 1.55 bits per heavy atom. The Hall–Kier alpha value is -2.90. The molecule has 7 heteroatoms. The Balaban J connectivity index is 1.46. The van der Waals surface area contributed by atoms with E-state index in [0.717, 1.165) is 22.3 Å². The van der Waals surface area contributed by atoms with E-state index in [1.807, 2.05) is 36.4 Å². The molecule has 0 aromatic heterocycles. The number of ether oxygens (including phenoxy) is 1. The van der Waals surface area contributed by atoms with Crippen molar-refractivity contribution >= 4 is 12.1 Å². The number of hydrogen-bond donors (Lipinski definition) is 4. The summed E-state index contributed by atoms with van der Waals surface area (Å²) >= 11 is 0. The molecular weight excluding hydrogens is 374 g/mol. The maximum atomic E-state index is 12.0. The van der Waals surface area contributed by atoms with Gasteiger partial charge in [0.1, 0.15) is 6.61 Å². The van der Waals surface area contributed by atoms with Crippen LogP contribution in [0.3, 0.4) is 0 Å². The van der Waals surface area contributed by atoms with E-state index in [0.29, 0.717) is 0 Å². The number of carbonyl (C=O) groups is 2. The van der Waals surface area contributed by atoms with E-state index < -0.39 is 30.7 Å². The van der Waals surface area contributed by atoms with Crippen LogP contribution in [0.1, 0.15) is 36.3 Å². The van der Waals surface area contributed by atoms with Crippen molar-refractivity contribution in [3.63, 3.8) is 0 Å². The summed E-state index contributed by atoms with van der Waals surface area (Å²) in [4.78, 5) is 22.5. The molecule has 0 heterocycles. The monoisotopic (exact) mass is 399 g/mol. The summed E-state index contributed by atoms with van der Waals surface area (Å²) in [5.74, 6) is -1.15. The molecule has 3 rings (SSSR count). The third kappa shape index (κ3) is 5.34. The second-order valence-electron chi connectivity index (χ2n) is 7.18. The molecule has 0 radical (unpaired) electrons. The van der Waals surface area contributed by atoms with Crippen LogP contribution in [0.2, 0.25) is 0 Å². The van der Waals surface area contributed by atoms with E-state index in [1.54, 1.807) is 0 Å². The first kappa shape index (κ1) is 20.8. The van der Waals surface area contributed by atoms with Crippen LogP contribution in [0.4, 0.5) is 4.79 Å². The molecule has 0 saturated carbocycles. The Labute approximate surface area is 169 Å². The molecule has 1 aliphatic carbocycles. The predicted molar refractivity (Wildman–Crippen MR) is 107 cm³/mol. The number of benzene rings is 2. The van der Waals surface area contributed by atoms with Gasteiger partial charge in [0.25, 0.3) is 0 Å². The first-order valence-electron chi connectivity index (χ1n) is 9.62. The highest BCUT2D eigenvalue weighted by Crippen LogP contribution is 2.44. The molecule has 7 nitrogen and oxygen atoms in total. The SMILES string of the molecule is O=C(O)C[C@H](O)C[C@H](O)CCNC(=O)OCC1c2ccccc2-c2ccccc21. The molecule has 0 aliphatic heterocycles. The second kappa shape index (κ2) is 9.54. The third-order valence-corrected chi connectivity index (χ3v) is 5.04. The number of aliphatic hydroxyl groups excluding tert-OH is 2. The zero-order valence-electron chi connectivity index (χ0n) is 16.0. The van der Waals surface area contributed by atoms with Crippen LogP contribution in [-0.4, -0.2) is 52.7 Å². The van der Waals surface area contributed by atoms with Gasteiger partial charge in [0.05, 0.1) is 18.6 Å². The average molecular weight is 399 g/mol. The fourth-order valence-corrected chi connectivity index (χ4v) is 3.71. The van der Waals surface area contributed by atoms with Crippen molar-refractivity contribution in [3.05, 3.63) is 59.7 Å². The molecule has 154 valence electrons. The quantitative estimate of drug-likeness (QED) is 0.515. The number of aliphatic hydroxyl groups is 2. The van der Waals surface area contributed by atoms with Gasteiger partial charge in [-0.25, -0.2) is 4.79 Å². The van der Waals surface area contributed by atoms with Crippen molar-refractivity contribution in [2.75, 3.05) is 13.2 Å². The molecule has 0 fully saturated rings. The lowest BCUT2D eigenvalue weighted by atomic mass is 9.98.